The Morgan fingerprint density at radius 2 is 2.18 bits per heavy atom. The van der Waals surface area contributed by atoms with Crippen molar-refractivity contribution in [2.45, 2.75) is 64.2 Å². The van der Waals surface area contributed by atoms with Gasteiger partial charge in [0.1, 0.15) is 0 Å². The van der Waals surface area contributed by atoms with Crippen molar-refractivity contribution in [2.75, 3.05) is 26.2 Å². The Balaban J connectivity index is 1.82. The minimum Gasteiger partial charge on any atom is -0.371 e. The minimum absolute atomic E-state index is 0.106. The van der Waals surface area contributed by atoms with Crippen molar-refractivity contribution < 1.29 is 4.74 Å². The van der Waals surface area contributed by atoms with E-state index in [1.165, 1.54) is 32.2 Å². The fraction of sp³-hybridized carbons (Fsp3) is 1.00. The molecule has 17 heavy (non-hydrogen) atoms. The van der Waals surface area contributed by atoms with Gasteiger partial charge in [0.2, 0.25) is 0 Å². The third-order valence-electron chi connectivity index (χ3n) is 4.19. The summed E-state index contributed by atoms with van der Waals surface area (Å²) in [4.78, 5) is 2.61. The zero-order chi connectivity index (χ0) is 12.3. The summed E-state index contributed by atoms with van der Waals surface area (Å²) in [6.45, 7) is 11.3. The van der Waals surface area contributed by atoms with E-state index < -0.39 is 0 Å². The van der Waals surface area contributed by atoms with Crippen molar-refractivity contribution in [3.05, 3.63) is 0 Å². The van der Waals surface area contributed by atoms with Gasteiger partial charge in [-0.25, -0.2) is 0 Å². The van der Waals surface area contributed by atoms with Gasteiger partial charge in [-0.15, -0.1) is 0 Å². The fourth-order valence-corrected chi connectivity index (χ4v) is 3.15. The molecular formula is C14H28N2O. The molecule has 3 heteroatoms. The molecule has 0 spiro atoms. The Bertz CT molecular complexity index is 236. The predicted octanol–water partition coefficient (Wildman–Crippen LogP) is 2.02. The first-order valence-electron chi connectivity index (χ1n) is 7.23. The molecule has 2 aliphatic rings. The standard InChI is InChI=1S/C14H28N2O/c1-4-16(12-6-5-9-15-10-12)11-13-7-8-14(2,3)17-13/h12-13,15H,4-11H2,1-3H3. The molecule has 3 nitrogen and oxygen atoms in total. The molecule has 2 heterocycles. The van der Waals surface area contributed by atoms with E-state index in [1.54, 1.807) is 0 Å². The van der Waals surface area contributed by atoms with E-state index in [9.17, 15) is 0 Å². The number of ether oxygens (including phenoxy) is 1. The van der Waals surface area contributed by atoms with Gasteiger partial charge in [0, 0.05) is 19.1 Å². The SMILES string of the molecule is CCN(CC1CCC(C)(C)O1)C1CCCNC1. The molecule has 2 aliphatic heterocycles. The molecule has 0 aromatic carbocycles. The van der Waals surface area contributed by atoms with E-state index >= 15 is 0 Å². The molecule has 0 saturated carbocycles. The molecule has 2 rings (SSSR count). The van der Waals surface area contributed by atoms with E-state index in [-0.39, 0.29) is 5.60 Å². The molecule has 0 aromatic heterocycles. The number of hydrogen-bond acceptors (Lipinski definition) is 3. The first-order valence-corrected chi connectivity index (χ1v) is 7.23. The first kappa shape index (κ1) is 13.3. The summed E-state index contributed by atoms with van der Waals surface area (Å²) in [6, 6.07) is 0.723. The Morgan fingerprint density at radius 1 is 1.35 bits per heavy atom. The molecule has 1 N–H and O–H groups in total. The van der Waals surface area contributed by atoms with Gasteiger partial charge in [-0.2, -0.15) is 0 Å². The Labute approximate surface area is 106 Å². The Morgan fingerprint density at radius 3 is 2.71 bits per heavy atom. The number of piperidine rings is 1. The van der Waals surface area contributed by atoms with Crippen LogP contribution in [0.4, 0.5) is 0 Å². The molecule has 2 fully saturated rings. The maximum Gasteiger partial charge on any atom is 0.0710 e. The second-order valence-electron chi connectivity index (χ2n) is 6.13. The third kappa shape index (κ3) is 3.67. The summed E-state index contributed by atoms with van der Waals surface area (Å²) in [6.07, 6.45) is 5.54. The van der Waals surface area contributed by atoms with Gasteiger partial charge in [0.05, 0.1) is 11.7 Å². The fourth-order valence-electron chi connectivity index (χ4n) is 3.15. The molecule has 2 atom stereocenters. The lowest BCUT2D eigenvalue weighted by atomic mass is 10.0. The van der Waals surface area contributed by atoms with Crippen LogP contribution in [0.1, 0.15) is 46.5 Å². The van der Waals surface area contributed by atoms with Crippen molar-refractivity contribution in [2.24, 2.45) is 0 Å². The molecule has 2 saturated heterocycles. The number of rotatable bonds is 4. The highest BCUT2D eigenvalue weighted by molar-refractivity contribution is 4.85. The molecule has 0 bridgehead atoms. The molecule has 100 valence electrons. The van der Waals surface area contributed by atoms with Crippen LogP contribution in [-0.4, -0.2) is 48.8 Å². The van der Waals surface area contributed by atoms with Gasteiger partial charge in [0.15, 0.2) is 0 Å². The monoisotopic (exact) mass is 240 g/mol. The van der Waals surface area contributed by atoms with Gasteiger partial charge < -0.3 is 10.1 Å². The molecular weight excluding hydrogens is 212 g/mol. The largest absolute Gasteiger partial charge is 0.371 e. The van der Waals surface area contributed by atoms with Crippen molar-refractivity contribution >= 4 is 0 Å². The quantitative estimate of drug-likeness (QED) is 0.813. The average molecular weight is 240 g/mol. The van der Waals surface area contributed by atoms with Crippen LogP contribution in [0.25, 0.3) is 0 Å². The smallest absolute Gasteiger partial charge is 0.0710 e. The van der Waals surface area contributed by atoms with Crippen LogP contribution in [-0.2, 0) is 4.74 Å². The number of nitrogens with one attached hydrogen (secondary N) is 1. The molecule has 0 amide bonds. The number of hydrogen-bond donors (Lipinski definition) is 1. The van der Waals surface area contributed by atoms with E-state index in [2.05, 4.69) is 31.0 Å². The summed E-state index contributed by atoms with van der Waals surface area (Å²) in [5, 5.41) is 3.51. The maximum absolute atomic E-state index is 6.11. The maximum atomic E-state index is 6.11. The van der Waals surface area contributed by atoms with Crippen LogP contribution in [0.15, 0.2) is 0 Å². The zero-order valence-corrected chi connectivity index (χ0v) is 11.7. The van der Waals surface area contributed by atoms with Crippen molar-refractivity contribution in [3.63, 3.8) is 0 Å². The Kier molecular flexibility index (Phi) is 4.45. The van der Waals surface area contributed by atoms with Crippen molar-refractivity contribution in [1.82, 2.24) is 10.2 Å². The first-order chi connectivity index (χ1) is 8.11. The van der Waals surface area contributed by atoms with Gasteiger partial charge in [-0.05, 0) is 52.6 Å². The summed E-state index contributed by atoms with van der Waals surface area (Å²) < 4.78 is 6.11. The summed E-state index contributed by atoms with van der Waals surface area (Å²) in [5.41, 5.74) is 0.106. The highest BCUT2D eigenvalue weighted by Gasteiger charge is 2.33. The molecule has 0 aliphatic carbocycles. The molecule has 0 radical (unpaired) electrons. The van der Waals surface area contributed by atoms with Crippen LogP contribution in [0.2, 0.25) is 0 Å². The van der Waals surface area contributed by atoms with Crippen LogP contribution in [0.3, 0.4) is 0 Å². The summed E-state index contributed by atoms with van der Waals surface area (Å²) in [7, 11) is 0. The summed E-state index contributed by atoms with van der Waals surface area (Å²) >= 11 is 0. The van der Waals surface area contributed by atoms with Gasteiger partial charge in [-0.3, -0.25) is 4.90 Å². The number of nitrogens with zero attached hydrogens (tertiary/aromatic N) is 1. The van der Waals surface area contributed by atoms with Crippen molar-refractivity contribution in [3.8, 4) is 0 Å². The van der Waals surface area contributed by atoms with E-state index in [0.717, 1.165) is 25.7 Å². The third-order valence-corrected chi connectivity index (χ3v) is 4.19. The number of likely N-dealkylation sites (N-methyl/N-ethyl adjacent to an activating group) is 1. The van der Waals surface area contributed by atoms with Gasteiger partial charge in [-0.1, -0.05) is 6.92 Å². The lowest BCUT2D eigenvalue weighted by molar-refractivity contribution is -0.0342. The van der Waals surface area contributed by atoms with E-state index in [0.29, 0.717) is 6.10 Å². The van der Waals surface area contributed by atoms with Crippen LogP contribution in [0, 0.1) is 0 Å². The topological polar surface area (TPSA) is 24.5 Å². The highest BCUT2D eigenvalue weighted by atomic mass is 16.5. The zero-order valence-electron chi connectivity index (χ0n) is 11.7. The van der Waals surface area contributed by atoms with Crippen LogP contribution in [0.5, 0.6) is 0 Å². The second-order valence-corrected chi connectivity index (χ2v) is 6.13. The summed E-state index contributed by atoms with van der Waals surface area (Å²) in [5.74, 6) is 0. The van der Waals surface area contributed by atoms with E-state index in [1.807, 2.05) is 0 Å². The van der Waals surface area contributed by atoms with Crippen LogP contribution >= 0.6 is 0 Å². The average Bonchev–Trinajstić information content (AvgIpc) is 2.67. The lowest BCUT2D eigenvalue weighted by Gasteiger charge is -2.35. The van der Waals surface area contributed by atoms with Gasteiger partial charge in [0.25, 0.3) is 0 Å². The van der Waals surface area contributed by atoms with Crippen LogP contribution < -0.4 is 5.32 Å². The lowest BCUT2D eigenvalue weighted by Crippen LogP contribution is -2.48. The van der Waals surface area contributed by atoms with E-state index in [4.69, 9.17) is 4.74 Å². The molecule has 0 aromatic rings. The highest BCUT2D eigenvalue weighted by Crippen LogP contribution is 2.30. The normalized spacial score (nSPS) is 33.2. The van der Waals surface area contributed by atoms with Gasteiger partial charge >= 0.3 is 0 Å². The van der Waals surface area contributed by atoms with Crippen molar-refractivity contribution in [1.29, 1.82) is 0 Å². The second kappa shape index (κ2) is 5.68. The predicted molar refractivity (Wildman–Crippen MR) is 71.3 cm³/mol. The Hall–Kier alpha value is -0.120. The molecule has 2 unspecified atom stereocenters. The minimum atomic E-state index is 0.106.